The summed E-state index contributed by atoms with van der Waals surface area (Å²) in [7, 11) is 1.81. The van der Waals surface area contributed by atoms with Crippen LogP contribution < -0.4 is 5.73 Å². The number of piperidine rings is 1. The molecule has 0 spiro atoms. The van der Waals surface area contributed by atoms with E-state index in [1.807, 2.05) is 7.11 Å². The zero-order chi connectivity index (χ0) is 13.2. The van der Waals surface area contributed by atoms with Gasteiger partial charge >= 0.3 is 0 Å². The van der Waals surface area contributed by atoms with Crippen molar-refractivity contribution >= 4 is 0 Å². The molecule has 1 rings (SSSR count). The Kier molecular flexibility index (Phi) is 8.64. The van der Waals surface area contributed by atoms with Gasteiger partial charge in [0.05, 0.1) is 0 Å². The molecule has 3 heteroatoms. The van der Waals surface area contributed by atoms with E-state index in [1.165, 1.54) is 58.2 Å². The summed E-state index contributed by atoms with van der Waals surface area (Å²) >= 11 is 0. The average Bonchev–Trinajstić information content (AvgIpc) is 2.40. The van der Waals surface area contributed by atoms with Crippen molar-refractivity contribution < 1.29 is 4.74 Å². The Hall–Kier alpha value is -0.120. The van der Waals surface area contributed by atoms with Crippen molar-refractivity contribution in [1.82, 2.24) is 4.90 Å². The van der Waals surface area contributed by atoms with Gasteiger partial charge in [0.2, 0.25) is 0 Å². The van der Waals surface area contributed by atoms with E-state index in [-0.39, 0.29) is 0 Å². The topological polar surface area (TPSA) is 38.5 Å². The number of nitrogens with zero attached hydrogens (tertiary/aromatic N) is 1. The predicted molar refractivity (Wildman–Crippen MR) is 77.7 cm³/mol. The summed E-state index contributed by atoms with van der Waals surface area (Å²) in [4.78, 5) is 2.63. The summed E-state index contributed by atoms with van der Waals surface area (Å²) in [5, 5.41) is 0. The highest BCUT2D eigenvalue weighted by atomic mass is 16.5. The van der Waals surface area contributed by atoms with E-state index in [4.69, 9.17) is 10.5 Å². The third-order valence-corrected chi connectivity index (χ3v) is 4.35. The maximum Gasteiger partial charge on any atom is 0.0491 e. The van der Waals surface area contributed by atoms with E-state index in [0.29, 0.717) is 0 Å². The summed E-state index contributed by atoms with van der Waals surface area (Å²) in [6.07, 6.45) is 7.81. The van der Waals surface area contributed by atoms with Gasteiger partial charge in [-0.3, -0.25) is 0 Å². The van der Waals surface area contributed by atoms with Crippen LogP contribution in [-0.2, 0) is 4.74 Å². The van der Waals surface area contributed by atoms with Gasteiger partial charge in [0.1, 0.15) is 0 Å². The molecule has 1 aliphatic heterocycles. The zero-order valence-corrected chi connectivity index (χ0v) is 12.4. The van der Waals surface area contributed by atoms with Gasteiger partial charge in [-0.1, -0.05) is 13.3 Å². The van der Waals surface area contributed by atoms with Crippen molar-refractivity contribution in [2.24, 2.45) is 17.6 Å². The summed E-state index contributed by atoms with van der Waals surface area (Å²) in [5.41, 5.74) is 5.64. The van der Waals surface area contributed by atoms with Crippen LogP contribution >= 0.6 is 0 Å². The first-order valence-electron chi connectivity index (χ1n) is 7.71. The van der Waals surface area contributed by atoms with Crippen molar-refractivity contribution in [3.63, 3.8) is 0 Å². The summed E-state index contributed by atoms with van der Waals surface area (Å²) in [6, 6.07) is 0. The van der Waals surface area contributed by atoms with Crippen LogP contribution in [0, 0.1) is 11.8 Å². The molecule has 0 bridgehead atoms. The second-order valence-corrected chi connectivity index (χ2v) is 5.73. The number of hydrogen-bond donors (Lipinski definition) is 1. The monoisotopic (exact) mass is 256 g/mol. The highest BCUT2D eigenvalue weighted by Crippen LogP contribution is 2.19. The molecule has 0 aromatic heterocycles. The number of rotatable bonds is 9. The van der Waals surface area contributed by atoms with E-state index < -0.39 is 0 Å². The van der Waals surface area contributed by atoms with Gasteiger partial charge < -0.3 is 15.4 Å². The molecule has 1 heterocycles. The van der Waals surface area contributed by atoms with Crippen molar-refractivity contribution in [1.29, 1.82) is 0 Å². The molecule has 1 unspecified atom stereocenters. The summed E-state index contributed by atoms with van der Waals surface area (Å²) < 4.78 is 5.24. The Morgan fingerprint density at radius 1 is 1.28 bits per heavy atom. The first kappa shape index (κ1) is 15.9. The van der Waals surface area contributed by atoms with Gasteiger partial charge in [-0.05, 0) is 70.1 Å². The molecule has 18 heavy (non-hydrogen) atoms. The molecular weight excluding hydrogens is 224 g/mol. The molecule has 0 saturated carbocycles. The highest BCUT2D eigenvalue weighted by molar-refractivity contribution is 4.72. The molecule has 1 saturated heterocycles. The van der Waals surface area contributed by atoms with Gasteiger partial charge in [0, 0.05) is 13.7 Å². The smallest absolute Gasteiger partial charge is 0.0491 e. The molecule has 0 amide bonds. The van der Waals surface area contributed by atoms with E-state index >= 15 is 0 Å². The van der Waals surface area contributed by atoms with Gasteiger partial charge in [-0.2, -0.15) is 0 Å². The molecule has 0 radical (unpaired) electrons. The van der Waals surface area contributed by atoms with Crippen molar-refractivity contribution in [3.05, 3.63) is 0 Å². The lowest BCUT2D eigenvalue weighted by atomic mass is 9.95. The second-order valence-electron chi connectivity index (χ2n) is 5.73. The Labute approximate surface area is 113 Å². The van der Waals surface area contributed by atoms with Gasteiger partial charge in [-0.25, -0.2) is 0 Å². The number of likely N-dealkylation sites (tertiary alicyclic amines) is 1. The van der Waals surface area contributed by atoms with E-state index in [2.05, 4.69) is 11.8 Å². The third kappa shape index (κ3) is 6.17. The molecule has 108 valence electrons. The van der Waals surface area contributed by atoms with Crippen LogP contribution in [0.15, 0.2) is 0 Å². The van der Waals surface area contributed by atoms with Crippen LogP contribution in [0.4, 0.5) is 0 Å². The Bertz CT molecular complexity index is 191. The Morgan fingerprint density at radius 2 is 2.00 bits per heavy atom. The maximum atomic E-state index is 5.64. The van der Waals surface area contributed by atoms with Gasteiger partial charge in [0.15, 0.2) is 0 Å². The Morgan fingerprint density at radius 3 is 2.56 bits per heavy atom. The SMILES string of the molecule is CCC(CCN)CCCN1CCC(COC)CC1. The summed E-state index contributed by atoms with van der Waals surface area (Å²) in [5.74, 6) is 1.65. The fourth-order valence-electron chi connectivity index (χ4n) is 3.00. The molecule has 1 aliphatic rings. The van der Waals surface area contributed by atoms with Gasteiger partial charge in [-0.15, -0.1) is 0 Å². The molecule has 1 atom stereocenters. The minimum atomic E-state index is 0.798. The van der Waals surface area contributed by atoms with E-state index in [0.717, 1.165) is 25.0 Å². The van der Waals surface area contributed by atoms with Crippen LogP contribution in [0.1, 0.15) is 45.4 Å². The molecule has 1 fully saturated rings. The fourth-order valence-corrected chi connectivity index (χ4v) is 3.00. The second kappa shape index (κ2) is 9.76. The third-order valence-electron chi connectivity index (χ3n) is 4.35. The number of methoxy groups -OCH3 is 1. The van der Waals surface area contributed by atoms with Gasteiger partial charge in [0.25, 0.3) is 0 Å². The van der Waals surface area contributed by atoms with Crippen LogP contribution in [-0.4, -0.2) is 44.8 Å². The van der Waals surface area contributed by atoms with Crippen molar-refractivity contribution in [3.8, 4) is 0 Å². The molecule has 0 aromatic rings. The molecule has 0 aromatic carbocycles. The summed E-state index contributed by atoms with van der Waals surface area (Å²) in [6.45, 7) is 7.89. The molecule has 3 nitrogen and oxygen atoms in total. The first-order chi connectivity index (χ1) is 8.80. The maximum absolute atomic E-state index is 5.64. The predicted octanol–water partition coefficient (Wildman–Crippen LogP) is 2.50. The van der Waals surface area contributed by atoms with Crippen LogP contribution in [0.2, 0.25) is 0 Å². The lowest BCUT2D eigenvalue weighted by Crippen LogP contribution is -2.35. The largest absolute Gasteiger partial charge is 0.384 e. The minimum Gasteiger partial charge on any atom is -0.384 e. The van der Waals surface area contributed by atoms with Crippen LogP contribution in [0.5, 0.6) is 0 Å². The van der Waals surface area contributed by atoms with E-state index in [9.17, 15) is 0 Å². The van der Waals surface area contributed by atoms with Crippen molar-refractivity contribution in [2.45, 2.75) is 45.4 Å². The lowest BCUT2D eigenvalue weighted by molar-refractivity contribution is 0.0982. The van der Waals surface area contributed by atoms with Crippen LogP contribution in [0.25, 0.3) is 0 Å². The zero-order valence-electron chi connectivity index (χ0n) is 12.4. The average molecular weight is 256 g/mol. The number of hydrogen-bond acceptors (Lipinski definition) is 3. The minimum absolute atomic E-state index is 0.798. The van der Waals surface area contributed by atoms with E-state index in [1.54, 1.807) is 0 Å². The van der Waals surface area contributed by atoms with Crippen molar-refractivity contribution in [2.75, 3.05) is 39.9 Å². The number of ether oxygens (including phenoxy) is 1. The van der Waals surface area contributed by atoms with Crippen LogP contribution in [0.3, 0.4) is 0 Å². The standard InChI is InChI=1S/C15H32N2O/c1-3-14(6-9-16)5-4-10-17-11-7-15(8-12-17)13-18-2/h14-15H,3-13,16H2,1-2H3. The molecule has 0 aliphatic carbocycles. The molecule has 2 N–H and O–H groups in total. The fraction of sp³-hybridized carbons (Fsp3) is 1.00. The lowest BCUT2D eigenvalue weighted by Gasteiger charge is -2.31. The first-order valence-corrected chi connectivity index (χ1v) is 7.71. The quantitative estimate of drug-likeness (QED) is 0.689. The normalized spacial score (nSPS) is 20.2. The number of nitrogens with two attached hydrogens (primary N) is 1. The Balaban J connectivity index is 2.06. The highest BCUT2D eigenvalue weighted by Gasteiger charge is 2.18. The molecular formula is C15H32N2O.